The van der Waals surface area contributed by atoms with Gasteiger partial charge in [-0.05, 0) is 22.0 Å². The Morgan fingerprint density at radius 1 is 1.47 bits per heavy atom. The van der Waals surface area contributed by atoms with Crippen LogP contribution in [-0.2, 0) is 4.79 Å². The maximum absolute atomic E-state index is 11.2. The van der Waals surface area contributed by atoms with Crippen molar-refractivity contribution >= 4 is 28.2 Å². The highest BCUT2D eigenvalue weighted by atomic mass is 79.9. The average Bonchev–Trinajstić information content (AvgIpc) is 2.39. The lowest BCUT2D eigenvalue weighted by atomic mass is 9.96. The molecule has 1 heterocycles. The van der Waals surface area contributed by atoms with Crippen molar-refractivity contribution in [1.82, 2.24) is 0 Å². The number of carboxylic acids is 1. The molecule has 102 valence electrons. The Kier molecular flexibility index (Phi) is 4.06. The van der Waals surface area contributed by atoms with Gasteiger partial charge in [0.05, 0.1) is 11.5 Å². The second-order valence-electron chi connectivity index (χ2n) is 3.96. The number of aliphatic carboxylic acids is 1. The summed E-state index contributed by atoms with van der Waals surface area (Å²) in [6.07, 6.45) is 0.638. The normalized spacial score (nSPS) is 14.8. The molecular weight excluding hydrogens is 318 g/mol. The van der Waals surface area contributed by atoms with Crippen LogP contribution in [0.3, 0.4) is 0 Å². The summed E-state index contributed by atoms with van der Waals surface area (Å²) in [6, 6.07) is 1.54. The van der Waals surface area contributed by atoms with Gasteiger partial charge in [0.15, 0.2) is 17.8 Å². The van der Waals surface area contributed by atoms with Crippen LogP contribution in [0.2, 0.25) is 0 Å². The number of hydrogen-bond donors (Lipinski definition) is 2. The minimum Gasteiger partial charge on any atom is -0.486 e. The number of nitrogens with two attached hydrogens (primary N) is 1. The van der Waals surface area contributed by atoms with E-state index in [1.54, 1.807) is 6.07 Å². The van der Waals surface area contributed by atoms with Crippen LogP contribution < -0.4 is 15.2 Å². The van der Waals surface area contributed by atoms with E-state index in [1.165, 1.54) is 0 Å². The number of carbonyl (C=O) groups excluding carboxylic acids is 1. The summed E-state index contributed by atoms with van der Waals surface area (Å²) >= 11 is 3.23. The Bertz CT molecular complexity index is 531. The molecule has 1 aromatic carbocycles. The number of aldehydes is 1. The van der Waals surface area contributed by atoms with Gasteiger partial charge >= 0.3 is 5.97 Å². The third-order valence-electron chi connectivity index (χ3n) is 2.86. The summed E-state index contributed by atoms with van der Waals surface area (Å²) in [4.78, 5) is 22.3. The maximum Gasteiger partial charge on any atom is 0.312 e. The molecule has 3 N–H and O–H groups in total. The first-order chi connectivity index (χ1) is 9.10. The molecule has 0 saturated heterocycles. The minimum atomic E-state index is -1.05. The molecule has 7 heteroatoms. The van der Waals surface area contributed by atoms with Crippen molar-refractivity contribution in [2.45, 2.75) is 5.92 Å². The standard InChI is InChI=1S/C12H12BrNO5/c13-9-3-6(7(4-14)12(16)17)10-11(8(9)5-15)19-2-1-18-10/h3,5,7H,1-2,4,14H2,(H,16,17). The Morgan fingerprint density at radius 3 is 2.63 bits per heavy atom. The summed E-state index contributed by atoms with van der Waals surface area (Å²) in [7, 11) is 0. The van der Waals surface area contributed by atoms with Crippen LogP contribution in [-0.4, -0.2) is 37.1 Å². The molecule has 0 aromatic heterocycles. The number of hydrogen-bond acceptors (Lipinski definition) is 5. The first-order valence-electron chi connectivity index (χ1n) is 5.60. The van der Waals surface area contributed by atoms with Gasteiger partial charge in [-0.25, -0.2) is 0 Å². The first kappa shape index (κ1) is 13.8. The van der Waals surface area contributed by atoms with Gasteiger partial charge < -0.3 is 20.3 Å². The van der Waals surface area contributed by atoms with Crippen molar-refractivity contribution in [3.05, 3.63) is 21.7 Å². The summed E-state index contributed by atoms with van der Waals surface area (Å²) in [5.41, 5.74) is 6.21. The highest BCUT2D eigenvalue weighted by molar-refractivity contribution is 9.10. The summed E-state index contributed by atoms with van der Waals surface area (Å²) in [6.45, 7) is 0.541. The SMILES string of the molecule is NCC(C(=O)O)c1cc(Br)c(C=O)c2c1OCCO2. The molecule has 1 atom stereocenters. The predicted octanol–water partition coefficient (Wildman–Crippen LogP) is 1.16. The molecule has 19 heavy (non-hydrogen) atoms. The van der Waals surface area contributed by atoms with Crippen molar-refractivity contribution in [1.29, 1.82) is 0 Å². The lowest BCUT2D eigenvalue weighted by Crippen LogP contribution is -2.25. The van der Waals surface area contributed by atoms with Gasteiger partial charge in [0.25, 0.3) is 0 Å². The van der Waals surface area contributed by atoms with Crippen molar-refractivity contribution in [3.8, 4) is 11.5 Å². The number of benzene rings is 1. The predicted molar refractivity (Wildman–Crippen MR) is 70.0 cm³/mol. The lowest BCUT2D eigenvalue weighted by molar-refractivity contribution is -0.138. The Hall–Kier alpha value is -1.60. The molecule has 0 aliphatic carbocycles. The number of carboxylic acid groups (broad SMARTS) is 1. The Morgan fingerprint density at radius 2 is 2.11 bits per heavy atom. The molecule has 0 bridgehead atoms. The van der Waals surface area contributed by atoms with Gasteiger partial charge in [-0.2, -0.15) is 0 Å². The highest BCUT2D eigenvalue weighted by Crippen LogP contribution is 2.43. The number of carbonyl (C=O) groups is 2. The van der Waals surface area contributed by atoms with E-state index in [0.717, 1.165) is 0 Å². The van der Waals surface area contributed by atoms with E-state index < -0.39 is 11.9 Å². The number of halogens is 1. The second-order valence-corrected chi connectivity index (χ2v) is 4.82. The molecule has 1 unspecified atom stereocenters. The molecule has 0 radical (unpaired) electrons. The zero-order valence-electron chi connectivity index (χ0n) is 9.89. The monoisotopic (exact) mass is 329 g/mol. The number of ether oxygens (including phenoxy) is 2. The van der Waals surface area contributed by atoms with E-state index >= 15 is 0 Å². The van der Waals surface area contributed by atoms with E-state index in [-0.39, 0.29) is 18.0 Å². The zero-order chi connectivity index (χ0) is 14.0. The molecule has 1 aromatic rings. The first-order valence-corrected chi connectivity index (χ1v) is 6.39. The van der Waals surface area contributed by atoms with Crippen molar-refractivity contribution in [2.24, 2.45) is 5.73 Å². The zero-order valence-corrected chi connectivity index (χ0v) is 11.5. The van der Waals surface area contributed by atoms with Crippen LogP contribution in [0.1, 0.15) is 21.8 Å². The number of rotatable bonds is 4. The van der Waals surface area contributed by atoms with E-state index in [4.69, 9.17) is 15.2 Å². The van der Waals surface area contributed by atoms with E-state index in [9.17, 15) is 14.7 Å². The van der Waals surface area contributed by atoms with Crippen LogP contribution in [0.15, 0.2) is 10.5 Å². The molecule has 1 aliphatic heterocycles. The van der Waals surface area contributed by atoms with Gasteiger partial charge in [-0.15, -0.1) is 0 Å². The number of fused-ring (bicyclic) bond motifs is 1. The fourth-order valence-electron chi connectivity index (χ4n) is 1.95. The smallest absolute Gasteiger partial charge is 0.312 e. The molecule has 2 rings (SSSR count). The quantitative estimate of drug-likeness (QED) is 0.804. The largest absolute Gasteiger partial charge is 0.486 e. The molecule has 0 fully saturated rings. The molecule has 0 saturated carbocycles. The summed E-state index contributed by atoms with van der Waals surface area (Å²) < 4.78 is 11.3. The van der Waals surface area contributed by atoms with Crippen molar-refractivity contribution < 1.29 is 24.2 Å². The highest BCUT2D eigenvalue weighted by Gasteiger charge is 2.29. The molecule has 1 aliphatic rings. The van der Waals surface area contributed by atoms with Crippen molar-refractivity contribution in [2.75, 3.05) is 19.8 Å². The Balaban J connectivity index is 2.65. The minimum absolute atomic E-state index is 0.0714. The molecular formula is C12H12BrNO5. The topological polar surface area (TPSA) is 98.9 Å². The van der Waals surface area contributed by atoms with Crippen LogP contribution in [0.5, 0.6) is 11.5 Å². The fraction of sp³-hybridized carbons (Fsp3) is 0.333. The summed E-state index contributed by atoms with van der Waals surface area (Å²) in [5, 5.41) is 9.18. The molecule has 0 amide bonds. The lowest BCUT2D eigenvalue weighted by Gasteiger charge is -2.25. The molecule has 6 nitrogen and oxygen atoms in total. The third kappa shape index (κ3) is 2.43. The fourth-order valence-corrected chi connectivity index (χ4v) is 2.47. The Labute approximate surface area is 117 Å². The van der Waals surface area contributed by atoms with Crippen LogP contribution in [0, 0.1) is 0 Å². The van der Waals surface area contributed by atoms with E-state index in [0.29, 0.717) is 35.1 Å². The average molecular weight is 330 g/mol. The van der Waals surface area contributed by atoms with Crippen molar-refractivity contribution in [3.63, 3.8) is 0 Å². The maximum atomic E-state index is 11.2. The summed E-state index contributed by atoms with van der Waals surface area (Å²) in [5.74, 6) is -1.41. The van der Waals surface area contributed by atoms with Crippen LogP contribution >= 0.6 is 15.9 Å². The van der Waals surface area contributed by atoms with Gasteiger partial charge in [-0.1, -0.05) is 0 Å². The van der Waals surface area contributed by atoms with Gasteiger partial charge in [0, 0.05) is 16.6 Å². The molecule has 0 spiro atoms. The van der Waals surface area contributed by atoms with Gasteiger partial charge in [-0.3, -0.25) is 9.59 Å². The van der Waals surface area contributed by atoms with Crippen LogP contribution in [0.25, 0.3) is 0 Å². The van der Waals surface area contributed by atoms with Gasteiger partial charge in [0.1, 0.15) is 13.2 Å². The third-order valence-corrected chi connectivity index (χ3v) is 3.51. The van der Waals surface area contributed by atoms with Crippen LogP contribution in [0.4, 0.5) is 0 Å². The van der Waals surface area contributed by atoms with Gasteiger partial charge in [0.2, 0.25) is 0 Å². The van der Waals surface area contributed by atoms with E-state index in [2.05, 4.69) is 15.9 Å². The van der Waals surface area contributed by atoms with E-state index in [1.807, 2.05) is 0 Å². The second kappa shape index (κ2) is 5.58.